The summed E-state index contributed by atoms with van der Waals surface area (Å²) in [6.07, 6.45) is 6.39. The first-order valence-corrected chi connectivity index (χ1v) is 6.68. The highest BCUT2D eigenvalue weighted by Crippen LogP contribution is 2.20. The van der Waals surface area contributed by atoms with Gasteiger partial charge in [0.25, 0.3) is 0 Å². The fourth-order valence-electron chi connectivity index (χ4n) is 2.41. The molecule has 0 radical (unpaired) electrons. The quantitative estimate of drug-likeness (QED) is 0.789. The molecule has 0 aromatic heterocycles. The van der Waals surface area contributed by atoms with Gasteiger partial charge in [-0.15, -0.1) is 0 Å². The Balaban J connectivity index is 2.03. The number of aromatic hydroxyl groups is 1. The van der Waals surface area contributed by atoms with Crippen molar-refractivity contribution in [1.82, 2.24) is 5.32 Å². The number of phenolic OH excluding ortho intramolecular Hbond substituents is 1. The van der Waals surface area contributed by atoms with E-state index in [1.807, 2.05) is 13.0 Å². The minimum absolute atomic E-state index is 0.298. The van der Waals surface area contributed by atoms with Crippen molar-refractivity contribution in [3.8, 4) is 5.75 Å². The summed E-state index contributed by atoms with van der Waals surface area (Å²) < 4.78 is 0. The molecule has 1 aromatic rings. The minimum atomic E-state index is 0.298. The summed E-state index contributed by atoms with van der Waals surface area (Å²) in [6.45, 7) is 1.98. The second-order valence-corrected chi connectivity index (χ2v) is 5.22. The Morgan fingerprint density at radius 2 is 2.00 bits per heavy atom. The fourth-order valence-corrected chi connectivity index (χ4v) is 2.81. The lowest BCUT2D eigenvalue weighted by Crippen LogP contribution is -2.35. The maximum atomic E-state index is 9.38. The van der Waals surface area contributed by atoms with Crippen molar-refractivity contribution in [1.29, 1.82) is 0 Å². The van der Waals surface area contributed by atoms with Gasteiger partial charge in [-0.2, -0.15) is 0 Å². The Morgan fingerprint density at radius 3 is 2.65 bits per heavy atom. The van der Waals surface area contributed by atoms with Gasteiger partial charge >= 0.3 is 0 Å². The van der Waals surface area contributed by atoms with Crippen molar-refractivity contribution in [3.05, 3.63) is 29.3 Å². The molecule has 0 saturated heterocycles. The van der Waals surface area contributed by atoms with Crippen molar-refractivity contribution in [2.75, 3.05) is 0 Å². The van der Waals surface area contributed by atoms with Gasteiger partial charge < -0.3 is 10.4 Å². The lowest BCUT2D eigenvalue weighted by Gasteiger charge is -2.24. The first kappa shape index (κ1) is 12.4. The monoisotopic (exact) mass is 249 g/mol. The zero-order valence-electron chi connectivity index (χ0n) is 10.2. The fraction of sp³-hybridized carbons (Fsp3) is 0.500. The molecule has 17 heavy (non-hydrogen) atoms. The van der Waals surface area contributed by atoms with Gasteiger partial charge in [-0.1, -0.05) is 31.5 Å². The standard InChI is InChI=1S/C14H19NOS/c1-10-9-12(16)7-8-13(10)14(17)15-11-5-3-2-4-6-11/h7-9,11,16H,2-6H2,1H3,(H,15,17). The number of hydrogen-bond donors (Lipinski definition) is 2. The number of nitrogens with one attached hydrogen (secondary N) is 1. The van der Waals surface area contributed by atoms with E-state index < -0.39 is 0 Å². The minimum Gasteiger partial charge on any atom is -0.508 e. The molecular formula is C14H19NOS. The summed E-state index contributed by atoms with van der Waals surface area (Å²) in [6, 6.07) is 5.87. The highest BCUT2D eigenvalue weighted by atomic mass is 32.1. The van der Waals surface area contributed by atoms with E-state index in [0.717, 1.165) is 16.1 Å². The molecule has 1 aliphatic carbocycles. The molecular weight excluding hydrogens is 230 g/mol. The van der Waals surface area contributed by atoms with Gasteiger partial charge in [0.1, 0.15) is 10.7 Å². The third-order valence-corrected chi connectivity index (χ3v) is 3.73. The van der Waals surface area contributed by atoms with Gasteiger partial charge in [-0.25, -0.2) is 0 Å². The first-order valence-electron chi connectivity index (χ1n) is 6.27. The number of aryl methyl sites for hydroxylation is 1. The van der Waals surface area contributed by atoms with Crippen LogP contribution in [-0.4, -0.2) is 16.1 Å². The van der Waals surface area contributed by atoms with Crippen LogP contribution < -0.4 is 5.32 Å². The molecule has 92 valence electrons. The number of phenols is 1. The Morgan fingerprint density at radius 1 is 1.29 bits per heavy atom. The van der Waals surface area contributed by atoms with Gasteiger partial charge in [0.15, 0.2) is 0 Å². The molecule has 2 rings (SSSR count). The predicted octanol–water partition coefficient (Wildman–Crippen LogP) is 3.30. The van der Waals surface area contributed by atoms with E-state index in [-0.39, 0.29) is 0 Å². The van der Waals surface area contributed by atoms with Crippen LogP contribution in [0.3, 0.4) is 0 Å². The molecule has 0 aliphatic heterocycles. The average Bonchev–Trinajstić information content (AvgIpc) is 2.30. The second-order valence-electron chi connectivity index (χ2n) is 4.81. The lowest BCUT2D eigenvalue weighted by atomic mass is 9.95. The van der Waals surface area contributed by atoms with Crippen LogP contribution in [0.5, 0.6) is 5.75 Å². The molecule has 0 unspecified atom stereocenters. The van der Waals surface area contributed by atoms with Gasteiger partial charge in [0, 0.05) is 11.6 Å². The average molecular weight is 249 g/mol. The van der Waals surface area contributed by atoms with Crippen molar-refractivity contribution in [2.24, 2.45) is 0 Å². The van der Waals surface area contributed by atoms with E-state index in [4.69, 9.17) is 12.2 Å². The van der Waals surface area contributed by atoms with Crippen molar-refractivity contribution >= 4 is 17.2 Å². The third-order valence-electron chi connectivity index (χ3n) is 3.40. The zero-order valence-corrected chi connectivity index (χ0v) is 11.0. The summed E-state index contributed by atoms with van der Waals surface area (Å²) in [5.74, 6) is 0.298. The van der Waals surface area contributed by atoms with Crippen LogP contribution in [0.1, 0.15) is 43.2 Å². The summed E-state index contributed by atoms with van der Waals surface area (Å²) in [4.78, 5) is 0.814. The highest BCUT2D eigenvalue weighted by molar-refractivity contribution is 7.80. The molecule has 2 N–H and O–H groups in total. The Hall–Kier alpha value is -1.09. The normalized spacial score (nSPS) is 16.8. The van der Waals surface area contributed by atoms with E-state index >= 15 is 0 Å². The topological polar surface area (TPSA) is 32.3 Å². The number of benzene rings is 1. The molecule has 1 aliphatic rings. The molecule has 3 heteroatoms. The van der Waals surface area contributed by atoms with Gasteiger partial charge in [0.05, 0.1) is 0 Å². The summed E-state index contributed by atoms with van der Waals surface area (Å²) in [5, 5.41) is 12.8. The summed E-state index contributed by atoms with van der Waals surface area (Å²) >= 11 is 5.44. The van der Waals surface area contributed by atoms with Crippen LogP contribution in [0.4, 0.5) is 0 Å². The molecule has 1 saturated carbocycles. The summed E-state index contributed by atoms with van der Waals surface area (Å²) in [7, 11) is 0. The number of rotatable bonds is 2. The second kappa shape index (κ2) is 5.50. The van der Waals surface area contributed by atoms with Crippen LogP contribution >= 0.6 is 12.2 Å². The van der Waals surface area contributed by atoms with Crippen LogP contribution in [0.25, 0.3) is 0 Å². The largest absolute Gasteiger partial charge is 0.508 e. The predicted molar refractivity (Wildman–Crippen MR) is 74.6 cm³/mol. The van der Waals surface area contributed by atoms with Crippen LogP contribution in [0.2, 0.25) is 0 Å². The molecule has 0 spiro atoms. The third kappa shape index (κ3) is 3.19. The van der Waals surface area contributed by atoms with Gasteiger partial charge in [-0.3, -0.25) is 0 Å². The Bertz CT molecular complexity index is 411. The van der Waals surface area contributed by atoms with Crippen molar-refractivity contribution in [3.63, 3.8) is 0 Å². The molecule has 1 fully saturated rings. The first-order chi connectivity index (χ1) is 8.16. The molecule has 0 bridgehead atoms. The highest BCUT2D eigenvalue weighted by Gasteiger charge is 2.15. The maximum Gasteiger partial charge on any atom is 0.115 e. The van der Waals surface area contributed by atoms with Crippen molar-refractivity contribution in [2.45, 2.75) is 45.1 Å². The number of thiocarbonyl (C=S) groups is 1. The summed E-state index contributed by atoms with van der Waals surface area (Å²) in [5.41, 5.74) is 2.06. The zero-order chi connectivity index (χ0) is 12.3. The van der Waals surface area contributed by atoms with E-state index in [1.165, 1.54) is 32.1 Å². The van der Waals surface area contributed by atoms with Crippen LogP contribution in [0.15, 0.2) is 18.2 Å². The maximum absolute atomic E-state index is 9.38. The molecule has 2 nitrogen and oxygen atoms in total. The molecule has 0 atom stereocenters. The number of hydrogen-bond acceptors (Lipinski definition) is 2. The van der Waals surface area contributed by atoms with E-state index in [1.54, 1.807) is 12.1 Å². The molecule has 1 aromatic carbocycles. The van der Waals surface area contributed by atoms with Gasteiger partial charge in [-0.05, 0) is 43.5 Å². The van der Waals surface area contributed by atoms with E-state index in [0.29, 0.717) is 11.8 Å². The van der Waals surface area contributed by atoms with Crippen LogP contribution in [-0.2, 0) is 0 Å². The Labute approximate surface area is 108 Å². The Kier molecular flexibility index (Phi) is 4.00. The smallest absolute Gasteiger partial charge is 0.115 e. The van der Waals surface area contributed by atoms with E-state index in [9.17, 15) is 5.11 Å². The lowest BCUT2D eigenvalue weighted by molar-refractivity contribution is 0.415. The van der Waals surface area contributed by atoms with Crippen molar-refractivity contribution < 1.29 is 5.11 Å². The van der Waals surface area contributed by atoms with E-state index in [2.05, 4.69) is 5.32 Å². The molecule has 0 heterocycles. The SMILES string of the molecule is Cc1cc(O)ccc1C(=S)NC1CCCCC1. The van der Waals surface area contributed by atoms with Crippen LogP contribution in [0, 0.1) is 6.92 Å². The molecule has 0 amide bonds. The van der Waals surface area contributed by atoms with Gasteiger partial charge in [0.2, 0.25) is 0 Å².